The SMILES string of the molecule is Cc1ccc(C(C)(C)C)c(F)c1.Cc1ccc(C(C)(C)C)cc1.Cc1ccc(C(C)(C)C)nc1.Cc1ccc(C)c(C(C)(C)C)c1.Cc1ccc(C)c(C(C)(C)C)c1.Cc1cccc(C(C)(C)C)c1.Cc1ccnc(C(C)(C)C)c1.Cc1cnc(C(C)(C)C)nc1.Cc1cnc(C(C)(C)C)s1. The monoisotopic (exact) mass is 1390 g/mol. The van der Waals surface area contributed by atoms with E-state index in [9.17, 15) is 4.39 Å². The molecule has 4 heterocycles. The molecular weight excluding hydrogens is 1250 g/mol. The Morgan fingerprint density at radius 2 is 0.673 bits per heavy atom. The van der Waals surface area contributed by atoms with E-state index in [4.69, 9.17) is 0 Å². The number of aromatic nitrogens is 5. The van der Waals surface area contributed by atoms with Gasteiger partial charge in [0.15, 0.2) is 0 Å². The molecule has 4 aromatic heterocycles. The lowest BCUT2D eigenvalue weighted by Gasteiger charge is -2.22. The highest BCUT2D eigenvalue weighted by Crippen LogP contribution is 2.31. The maximum absolute atomic E-state index is 13.3. The molecule has 0 spiro atoms. The van der Waals surface area contributed by atoms with Gasteiger partial charge < -0.3 is 0 Å². The minimum atomic E-state index is -0.0994. The predicted molar refractivity (Wildman–Crippen MR) is 445 cm³/mol. The van der Waals surface area contributed by atoms with Crippen molar-refractivity contribution in [1.29, 1.82) is 0 Å². The van der Waals surface area contributed by atoms with Crippen molar-refractivity contribution in [3.8, 4) is 0 Å². The molecule has 7 heteroatoms. The molecule has 0 N–H and O–H groups in total. The van der Waals surface area contributed by atoms with Crippen molar-refractivity contribution in [2.24, 2.45) is 0 Å². The van der Waals surface area contributed by atoms with E-state index < -0.39 is 0 Å². The number of halogens is 1. The predicted octanol–water partition coefficient (Wildman–Crippen LogP) is 27.4. The first-order valence-electron chi connectivity index (χ1n) is 36.4. The first-order valence-corrected chi connectivity index (χ1v) is 37.2. The second-order valence-electron chi connectivity index (χ2n) is 36.9. The zero-order chi connectivity index (χ0) is 78.3. The summed E-state index contributed by atoms with van der Waals surface area (Å²) in [5.41, 5.74) is 23.3. The average molecular weight is 1390 g/mol. The van der Waals surface area contributed by atoms with Crippen LogP contribution in [0.25, 0.3) is 0 Å². The van der Waals surface area contributed by atoms with Crippen LogP contribution >= 0.6 is 11.3 Å². The molecule has 5 nitrogen and oxygen atoms in total. The van der Waals surface area contributed by atoms with Gasteiger partial charge in [-0.1, -0.05) is 312 Å². The first-order chi connectivity index (χ1) is 45.7. The lowest BCUT2D eigenvalue weighted by atomic mass is 9.83. The van der Waals surface area contributed by atoms with Crippen LogP contribution in [-0.4, -0.2) is 24.9 Å². The van der Waals surface area contributed by atoms with E-state index in [1.54, 1.807) is 17.4 Å². The van der Waals surface area contributed by atoms with Crippen LogP contribution in [0.2, 0.25) is 0 Å². The number of thiazole rings is 1. The molecule has 0 bridgehead atoms. The fraction of sp³-hybridized carbons (Fsp3) is 0.500. The van der Waals surface area contributed by atoms with E-state index in [2.05, 4.69) is 357 Å². The van der Waals surface area contributed by atoms with Crippen molar-refractivity contribution in [3.05, 3.63) is 275 Å². The average Bonchev–Trinajstić information content (AvgIpc) is 1.54. The summed E-state index contributed by atoms with van der Waals surface area (Å²) >= 11 is 1.78. The maximum Gasteiger partial charge on any atom is 0.133 e. The highest BCUT2D eigenvalue weighted by atomic mass is 32.1. The summed E-state index contributed by atoms with van der Waals surface area (Å²) in [5, 5.41) is 1.23. The topological polar surface area (TPSA) is 64.5 Å². The third-order valence-corrected chi connectivity index (χ3v) is 17.6. The molecule has 0 unspecified atom stereocenters. The minimum absolute atomic E-state index is 0.0632. The summed E-state index contributed by atoms with van der Waals surface area (Å²) in [6.45, 7) is 82.0. The Morgan fingerprint density at radius 3 is 0.990 bits per heavy atom. The van der Waals surface area contributed by atoms with Crippen LogP contribution in [0, 0.1) is 82.0 Å². The van der Waals surface area contributed by atoms with Gasteiger partial charge in [0.1, 0.15) is 11.6 Å². The number of pyridine rings is 2. The molecule has 101 heavy (non-hydrogen) atoms. The molecule has 0 amide bonds. The molecule has 9 aromatic rings. The highest BCUT2D eigenvalue weighted by molar-refractivity contribution is 7.11. The number of nitrogens with zero attached hydrogens (tertiary/aromatic N) is 5. The van der Waals surface area contributed by atoms with Gasteiger partial charge in [-0.05, 0) is 189 Å². The van der Waals surface area contributed by atoms with Gasteiger partial charge in [0, 0.05) is 68.9 Å². The van der Waals surface area contributed by atoms with Crippen molar-refractivity contribution < 1.29 is 4.39 Å². The Kier molecular flexibility index (Phi) is 35.6. The molecule has 0 aliphatic rings. The summed E-state index contributed by atoms with van der Waals surface area (Å²) in [6.07, 6.45) is 9.43. The Morgan fingerprint density at radius 1 is 0.267 bits per heavy atom. The molecule has 0 radical (unpaired) electrons. The Labute approximate surface area is 623 Å². The van der Waals surface area contributed by atoms with Crippen molar-refractivity contribution in [2.75, 3.05) is 0 Å². The quantitative estimate of drug-likeness (QED) is 0.151. The highest BCUT2D eigenvalue weighted by Gasteiger charge is 2.22. The second-order valence-corrected chi connectivity index (χ2v) is 38.1. The van der Waals surface area contributed by atoms with Crippen LogP contribution < -0.4 is 0 Å². The molecule has 0 saturated carbocycles. The third-order valence-electron chi connectivity index (χ3n) is 16.2. The molecule has 0 saturated heterocycles. The van der Waals surface area contributed by atoms with Crippen LogP contribution in [-0.2, 0) is 48.7 Å². The standard InChI is InChI=1S/2C12H18.C11H15F.2C11H16.2C10H15N.C9H14N2.C8H13NS/c2*1-9-6-7-10(2)11(8-9)12(3,4)5;1-8-5-6-9(10(12)7-8)11(2,3)4;1-9-5-7-10(8-6-9)11(2,3)4;1-9-6-5-7-10(8-9)11(2,3)4;1-8-5-6-11-9(7-8)10(2,3)4;1-8-5-6-9(11-7-8)10(2,3)4;1-7-5-10-8(11-6-7)9(2,3)4;1-6-5-9-7(10-6)8(2,3)4/h2*6-8H,1-5H3;5-7H,1-4H3;2*5-8H,1-4H3;2*5-7H,1-4H3;5-6H,1-4H3;5H,1-4H3. The maximum atomic E-state index is 13.3. The summed E-state index contributed by atoms with van der Waals surface area (Å²) < 4.78 is 13.3. The third kappa shape index (κ3) is 36.7. The van der Waals surface area contributed by atoms with Gasteiger partial charge in [-0.15, -0.1) is 11.3 Å². The lowest BCUT2D eigenvalue weighted by molar-refractivity contribution is 0.522. The fourth-order valence-corrected chi connectivity index (χ4v) is 10.6. The van der Waals surface area contributed by atoms with E-state index in [1.165, 1.54) is 76.6 Å². The normalized spacial score (nSPS) is 11.7. The van der Waals surface area contributed by atoms with Crippen LogP contribution in [0.15, 0.2) is 158 Å². The van der Waals surface area contributed by atoms with Crippen LogP contribution in [0.1, 0.15) is 297 Å². The molecule has 0 fully saturated rings. The molecule has 0 atom stereocenters. The van der Waals surface area contributed by atoms with E-state index in [0.717, 1.165) is 33.9 Å². The molecule has 0 aliphatic carbocycles. The second kappa shape index (κ2) is 39.1. The number of aryl methyl sites for hydroxylation is 11. The van der Waals surface area contributed by atoms with Crippen molar-refractivity contribution >= 4 is 11.3 Å². The zero-order valence-corrected chi connectivity index (χ0v) is 71.8. The lowest BCUT2D eigenvalue weighted by Crippen LogP contribution is -2.15. The van der Waals surface area contributed by atoms with Crippen LogP contribution in [0.3, 0.4) is 0 Å². The van der Waals surface area contributed by atoms with Gasteiger partial charge >= 0.3 is 0 Å². The van der Waals surface area contributed by atoms with Gasteiger partial charge in [0.25, 0.3) is 0 Å². The van der Waals surface area contributed by atoms with Gasteiger partial charge in [-0.3, -0.25) is 9.97 Å². The number of hydrogen-bond donors (Lipinski definition) is 0. The van der Waals surface area contributed by atoms with Crippen LogP contribution in [0.5, 0.6) is 0 Å². The van der Waals surface area contributed by atoms with E-state index in [-0.39, 0.29) is 54.6 Å². The molecule has 554 valence electrons. The van der Waals surface area contributed by atoms with Gasteiger partial charge in [0.05, 0.1) is 5.01 Å². The zero-order valence-electron chi connectivity index (χ0n) is 71.0. The van der Waals surface area contributed by atoms with Crippen LogP contribution in [0.4, 0.5) is 4.39 Å². The Balaban J connectivity index is 0.000000568. The Bertz CT molecular complexity index is 3610. The summed E-state index contributed by atoms with van der Waals surface area (Å²) in [4.78, 5) is 22.7. The number of benzene rings is 5. The van der Waals surface area contributed by atoms with Gasteiger partial charge in [0.2, 0.25) is 0 Å². The number of rotatable bonds is 0. The van der Waals surface area contributed by atoms with Crippen molar-refractivity contribution in [3.63, 3.8) is 0 Å². The van der Waals surface area contributed by atoms with E-state index in [0.29, 0.717) is 0 Å². The van der Waals surface area contributed by atoms with Crippen molar-refractivity contribution in [2.45, 2.75) is 312 Å². The molecule has 9 rings (SSSR count). The molecular formula is C94H140FN5S. The largest absolute Gasteiger partial charge is 0.261 e. The van der Waals surface area contributed by atoms with Gasteiger partial charge in [-0.25, -0.2) is 19.3 Å². The van der Waals surface area contributed by atoms with E-state index in [1.807, 2.05) is 83.8 Å². The summed E-state index contributed by atoms with van der Waals surface area (Å²) in [6, 6.07) is 44.5. The van der Waals surface area contributed by atoms with E-state index >= 15 is 0 Å². The summed E-state index contributed by atoms with van der Waals surface area (Å²) in [7, 11) is 0. The fourth-order valence-electron chi connectivity index (χ4n) is 9.82. The van der Waals surface area contributed by atoms with Crippen molar-refractivity contribution in [1.82, 2.24) is 24.9 Å². The summed E-state index contributed by atoms with van der Waals surface area (Å²) in [5.74, 6) is 0.811. The minimum Gasteiger partial charge on any atom is -0.261 e. The van der Waals surface area contributed by atoms with Gasteiger partial charge in [-0.2, -0.15) is 0 Å². The molecule has 0 aliphatic heterocycles. The smallest absolute Gasteiger partial charge is 0.133 e. The Hall–Kier alpha value is -6.96. The molecule has 5 aromatic carbocycles. The first kappa shape index (κ1) is 92.1. The number of hydrogen-bond acceptors (Lipinski definition) is 6.